The Morgan fingerprint density at radius 2 is 1.81 bits per heavy atom. The summed E-state index contributed by atoms with van der Waals surface area (Å²) < 4.78 is 5.92. The fourth-order valence-corrected chi connectivity index (χ4v) is 1.64. The van der Waals surface area contributed by atoms with Crippen LogP contribution in [-0.2, 0) is 0 Å². The molecule has 0 amide bonds. The summed E-state index contributed by atoms with van der Waals surface area (Å²) in [5.41, 5.74) is 1.11. The smallest absolute Gasteiger partial charge is 0.124 e. The van der Waals surface area contributed by atoms with Crippen molar-refractivity contribution in [2.24, 2.45) is 0 Å². The predicted molar refractivity (Wildman–Crippen MR) is 65.4 cm³/mol. The minimum Gasteiger partial charge on any atom is -0.486 e. The Hall–Kier alpha value is -1.76. The molecule has 16 heavy (non-hydrogen) atoms. The molecule has 2 aromatic carbocycles. The summed E-state index contributed by atoms with van der Waals surface area (Å²) in [6.07, 6.45) is 1.03. The van der Waals surface area contributed by atoms with E-state index in [1.165, 1.54) is 0 Å². The second-order valence-corrected chi connectivity index (χ2v) is 3.65. The number of hydrogen-bond acceptors (Lipinski definition) is 1. The van der Waals surface area contributed by atoms with Crippen molar-refractivity contribution in [2.45, 2.75) is 19.4 Å². The molecule has 0 aliphatic rings. The van der Waals surface area contributed by atoms with Gasteiger partial charge in [0.15, 0.2) is 0 Å². The van der Waals surface area contributed by atoms with Gasteiger partial charge in [0.05, 0.1) is 0 Å². The Morgan fingerprint density at radius 3 is 2.44 bits per heavy atom. The zero-order valence-electron chi connectivity index (χ0n) is 9.39. The van der Waals surface area contributed by atoms with Crippen molar-refractivity contribution in [1.29, 1.82) is 0 Å². The molecule has 0 aromatic heterocycles. The molecule has 2 aromatic rings. The molecular weight excluding hydrogens is 196 g/mol. The third-order valence-electron chi connectivity index (χ3n) is 2.47. The van der Waals surface area contributed by atoms with E-state index < -0.39 is 0 Å². The molecule has 0 bridgehead atoms. The van der Waals surface area contributed by atoms with E-state index in [9.17, 15) is 0 Å². The Kier molecular flexibility index (Phi) is 3.60. The van der Waals surface area contributed by atoms with Crippen LogP contribution in [0, 0.1) is 6.07 Å². The van der Waals surface area contributed by atoms with Crippen LogP contribution in [-0.4, -0.2) is 0 Å². The normalized spacial score (nSPS) is 12.1. The van der Waals surface area contributed by atoms with Crippen LogP contribution in [0.2, 0.25) is 0 Å². The van der Waals surface area contributed by atoms with Crippen LogP contribution in [0.3, 0.4) is 0 Å². The summed E-state index contributed by atoms with van der Waals surface area (Å²) in [5, 5.41) is 0. The van der Waals surface area contributed by atoms with E-state index in [2.05, 4.69) is 19.1 Å². The van der Waals surface area contributed by atoms with Crippen LogP contribution in [0.5, 0.6) is 5.75 Å². The van der Waals surface area contributed by atoms with Gasteiger partial charge >= 0.3 is 0 Å². The number of ether oxygens (including phenoxy) is 1. The SMILES string of the molecule is CCC(Oc1ccccc1)c1[c]cccc1. The average Bonchev–Trinajstić information content (AvgIpc) is 2.38. The van der Waals surface area contributed by atoms with Gasteiger partial charge in [0.25, 0.3) is 0 Å². The summed E-state index contributed by atoms with van der Waals surface area (Å²) in [6, 6.07) is 21.1. The first-order valence-electron chi connectivity index (χ1n) is 5.58. The molecule has 2 rings (SSSR count). The molecule has 0 fully saturated rings. The summed E-state index contributed by atoms with van der Waals surface area (Å²) in [7, 11) is 0. The summed E-state index contributed by atoms with van der Waals surface area (Å²) >= 11 is 0. The Bertz CT molecular complexity index is 408. The molecule has 1 atom stereocenters. The average molecular weight is 211 g/mol. The topological polar surface area (TPSA) is 9.23 Å². The molecule has 0 spiro atoms. The fourth-order valence-electron chi connectivity index (χ4n) is 1.64. The highest BCUT2D eigenvalue weighted by Crippen LogP contribution is 2.23. The zero-order chi connectivity index (χ0) is 11.2. The molecule has 0 aliphatic heterocycles. The highest BCUT2D eigenvalue weighted by atomic mass is 16.5. The van der Waals surface area contributed by atoms with Crippen molar-refractivity contribution in [2.75, 3.05) is 0 Å². The van der Waals surface area contributed by atoms with Gasteiger partial charge < -0.3 is 4.74 Å². The molecule has 0 aliphatic carbocycles. The molecule has 1 unspecified atom stereocenters. The van der Waals surface area contributed by atoms with Crippen molar-refractivity contribution >= 4 is 0 Å². The predicted octanol–water partition coefficient (Wildman–Crippen LogP) is 4.02. The van der Waals surface area contributed by atoms with Crippen molar-refractivity contribution in [3.8, 4) is 5.75 Å². The van der Waals surface area contributed by atoms with Crippen LogP contribution in [0.15, 0.2) is 54.6 Å². The maximum Gasteiger partial charge on any atom is 0.124 e. The molecule has 1 radical (unpaired) electrons. The molecule has 1 nitrogen and oxygen atoms in total. The third kappa shape index (κ3) is 2.63. The number of benzene rings is 2. The lowest BCUT2D eigenvalue weighted by atomic mass is 10.1. The zero-order valence-corrected chi connectivity index (χ0v) is 9.39. The van der Waals surface area contributed by atoms with Gasteiger partial charge in [-0.2, -0.15) is 0 Å². The van der Waals surface area contributed by atoms with Crippen molar-refractivity contribution in [3.63, 3.8) is 0 Å². The van der Waals surface area contributed by atoms with Crippen LogP contribution < -0.4 is 4.74 Å². The Balaban J connectivity index is 2.13. The number of hydrogen-bond donors (Lipinski definition) is 0. The molecule has 81 valence electrons. The first kappa shape index (κ1) is 10.7. The Labute approximate surface area is 96.7 Å². The van der Waals surface area contributed by atoms with Gasteiger partial charge in [-0.1, -0.05) is 49.4 Å². The largest absolute Gasteiger partial charge is 0.486 e. The van der Waals surface area contributed by atoms with E-state index in [1.54, 1.807) is 0 Å². The van der Waals surface area contributed by atoms with Gasteiger partial charge in [0, 0.05) is 5.56 Å². The van der Waals surface area contributed by atoms with Gasteiger partial charge in [-0.05, 0) is 24.6 Å². The van der Waals surface area contributed by atoms with Crippen LogP contribution in [0.1, 0.15) is 25.0 Å². The van der Waals surface area contributed by atoms with Crippen LogP contribution >= 0.6 is 0 Å². The van der Waals surface area contributed by atoms with Gasteiger partial charge in [-0.3, -0.25) is 0 Å². The highest BCUT2D eigenvalue weighted by molar-refractivity contribution is 5.23. The minimum atomic E-state index is 0.0867. The molecule has 0 heterocycles. The number of para-hydroxylation sites is 1. The van der Waals surface area contributed by atoms with Crippen LogP contribution in [0.25, 0.3) is 0 Å². The Morgan fingerprint density at radius 1 is 1.06 bits per heavy atom. The second-order valence-electron chi connectivity index (χ2n) is 3.65. The number of rotatable bonds is 4. The summed E-state index contributed by atoms with van der Waals surface area (Å²) in [6.45, 7) is 2.12. The lowest BCUT2D eigenvalue weighted by molar-refractivity contribution is 0.201. The third-order valence-corrected chi connectivity index (χ3v) is 2.47. The maximum atomic E-state index is 5.92. The van der Waals surface area contributed by atoms with Crippen LogP contribution in [0.4, 0.5) is 0 Å². The van der Waals surface area contributed by atoms with Gasteiger partial charge in [-0.25, -0.2) is 0 Å². The highest BCUT2D eigenvalue weighted by Gasteiger charge is 2.10. The van der Waals surface area contributed by atoms with Gasteiger partial charge in [0.2, 0.25) is 0 Å². The fraction of sp³-hybridized carbons (Fsp3) is 0.200. The van der Waals surface area contributed by atoms with Gasteiger partial charge in [-0.15, -0.1) is 0 Å². The van der Waals surface area contributed by atoms with E-state index in [1.807, 2.05) is 48.5 Å². The first-order valence-corrected chi connectivity index (χ1v) is 5.58. The monoisotopic (exact) mass is 211 g/mol. The van der Waals surface area contributed by atoms with Gasteiger partial charge in [0.1, 0.15) is 11.9 Å². The van der Waals surface area contributed by atoms with E-state index in [0.717, 1.165) is 17.7 Å². The van der Waals surface area contributed by atoms with Crippen molar-refractivity contribution in [1.82, 2.24) is 0 Å². The molecule has 0 N–H and O–H groups in total. The van der Waals surface area contributed by atoms with E-state index >= 15 is 0 Å². The molecule has 1 heteroatoms. The summed E-state index contributed by atoms with van der Waals surface area (Å²) in [5.74, 6) is 0.909. The molecule has 0 saturated heterocycles. The minimum absolute atomic E-state index is 0.0867. The summed E-state index contributed by atoms with van der Waals surface area (Å²) in [4.78, 5) is 0. The maximum absolute atomic E-state index is 5.92. The lowest BCUT2D eigenvalue weighted by Crippen LogP contribution is -2.06. The first-order chi connectivity index (χ1) is 7.90. The second kappa shape index (κ2) is 5.36. The van der Waals surface area contributed by atoms with E-state index in [0.29, 0.717) is 0 Å². The standard InChI is InChI=1S/C15H15O/c1-2-15(13-9-5-3-6-10-13)16-14-11-7-4-8-12-14/h3-9,11-12,15H,2H2,1H3. The van der Waals surface area contributed by atoms with Crippen molar-refractivity contribution in [3.05, 3.63) is 66.2 Å². The van der Waals surface area contributed by atoms with Crippen molar-refractivity contribution < 1.29 is 4.74 Å². The lowest BCUT2D eigenvalue weighted by Gasteiger charge is -2.17. The molecular formula is C15H15O. The quantitative estimate of drug-likeness (QED) is 0.742. The van der Waals surface area contributed by atoms with E-state index in [4.69, 9.17) is 4.74 Å². The van der Waals surface area contributed by atoms with E-state index in [-0.39, 0.29) is 6.10 Å². The molecule has 0 saturated carbocycles.